The van der Waals surface area contributed by atoms with Crippen molar-refractivity contribution in [2.75, 3.05) is 0 Å². The SMILES string of the molecule is CCC(C(=O)OC1CCCCC1)n1c(=O)[nH]c2sc(C)cc2c1=O. The normalized spacial score (nSPS) is 17.1. The summed E-state index contributed by atoms with van der Waals surface area (Å²) in [5, 5.41) is 0.445. The Morgan fingerprint density at radius 3 is 2.75 bits per heavy atom. The molecule has 0 amide bonds. The molecular weight excluding hydrogens is 328 g/mol. The van der Waals surface area contributed by atoms with Gasteiger partial charge >= 0.3 is 11.7 Å². The summed E-state index contributed by atoms with van der Waals surface area (Å²) in [6.07, 6.45) is 5.22. The van der Waals surface area contributed by atoms with E-state index in [2.05, 4.69) is 4.98 Å². The van der Waals surface area contributed by atoms with E-state index in [1.54, 1.807) is 13.0 Å². The zero-order valence-electron chi connectivity index (χ0n) is 14.0. The van der Waals surface area contributed by atoms with Crippen LogP contribution in [-0.4, -0.2) is 21.6 Å². The molecule has 24 heavy (non-hydrogen) atoms. The molecule has 2 heterocycles. The summed E-state index contributed by atoms with van der Waals surface area (Å²) in [5.74, 6) is -0.483. The van der Waals surface area contributed by atoms with Gasteiger partial charge in [0.2, 0.25) is 0 Å². The molecule has 0 saturated heterocycles. The average molecular weight is 350 g/mol. The molecule has 1 N–H and O–H groups in total. The lowest BCUT2D eigenvalue weighted by Crippen LogP contribution is -2.41. The largest absolute Gasteiger partial charge is 0.461 e. The van der Waals surface area contributed by atoms with E-state index < -0.39 is 23.3 Å². The van der Waals surface area contributed by atoms with Gasteiger partial charge in [-0.1, -0.05) is 13.3 Å². The molecule has 1 saturated carbocycles. The van der Waals surface area contributed by atoms with Gasteiger partial charge in [0.05, 0.1) is 5.39 Å². The Kier molecular flexibility index (Phi) is 4.89. The molecule has 1 unspecified atom stereocenters. The summed E-state index contributed by atoms with van der Waals surface area (Å²) in [5.41, 5.74) is -0.979. The number of carbonyl (C=O) groups excluding carboxylic acids is 1. The maximum absolute atomic E-state index is 12.7. The summed E-state index contributed by atoms with van der Waals surface area (Å²) in [4.78, 5) is 41.8. The fourth-order valence-electron chi connectivity index (χ4n) is 3.31. The number of rotatable bonds is 4. The highest BCUT2D eigenvalue weighted by atomic mass is 32.1. The van der Waals surface area contributed by atoms with Gasteiger partial charge in [-0.3, -0.25) is 9.78 Å². The first-order chi connectivity index (χ1) is 11.5. The van der Waals surface area contributed by atoms with Crippen LogP contribution in [0.15, 0.2) is 15.7 Å². The van der Waals surface area contributed by atoms with Crippen LogP contribution in [0.2, 0.25) is 0 Å². The van der Waals surface area contributed by atoms with Crippen LogP contribution in [-0.2, 0) is 9.53 Å². The van der Waals surface area contributed by atoms with E-state index >= 15 is 0 Å². The van der Waals surface area contributed by atoms with Gasteiger partial charge in [0.25, 0.3) is 5.56 Å². The third kappa shape index (κ3) is 3.17. The number of ether oxygens (including phenoxy) is 1. The molecule has 0 aliphatic heterocycles. The van der Waals surface area contributed by atoms with Gasteiger partial charge in [0, 0.05) is 4.88 Å². The Hall–Kier alpha value is -1.89. The van der Waals surface area contributed by atoms with Crippen molar-refractivity contribution >= 4 is 27.5 Å². The second kappa shape index (κ2) is 6.93. The molecule has 130 valence electrons. The molecular formula is C17H22N2O4S. The Bertz CT molecular complexity index is 858. The van der Waals surface area contributed by atoms with E-state index in [1.807, 2.05) is 6.92 Å². The Labute approximate surface area is 143 Å². The van der Waals surface area contributed by atoms with Gasteiger partial charge in [-0.05, 0) is 45.1 Å². The molecule has 0 bridgehead atoms. The highest BCUT2D eigenvalue weighted by Crippen LogP contribution is 2.23. The number of aromatic nitrogens is 2. The number of nitrogens with zero attached hydrogens (tertiary/aromatic N) is 1. The minimum atomic E-state index is -0.882. The van der Waals surface area contributed by atoms with E-state index in [0.717, 1.165) is 35.1 Å². The van der Waals surface area contributed by atoms with Crippen LogP contribution in [0.4, 0.5) is 0 Å². The van der Waals surface area contributed by atoms with Crippen LogP contribution in [0, 0.1) is 6.92 Å². The number of esters is 1. The number of aryl methyl sites for hydroxylation is 1. The van der Waals surface area contributed by atoms with Crippen molar-refractivity contribution in [2.24, 2.45) is 0 Å². The number of thiophene rings is 1. The zero-order chi connectivity index (χ0) is 17.3. The number of hydrogen-bond acceptors (Lipinski definition) is 5. The van der Waals surface area contributed by atoms with E-state index in [-0.39, 0.29) is 6.10 Å². The van der Waals surface area contributed by atoms with Crippen LogP contribution in [0.5, 0.6) is 0 Å². The first kappa shape index (κ1) is 17.0. The second-order valence-corrected chi connectivity index (χ2v) is 7.58. The first-order valence-corrected chi connectivity index (χ1v) is 9.28. The van der Waals surface area contributed by atoms with Gasteiger partial charge in [-0.25, -0.2) is 14.2 Å². The number of fused-ring (bicyclic) bond motifs is 1. The number of carbonyl (C=O) groups is 1. The summed E-state index contributed by atoms with van der Waals surface area (Å²) in [6, 6.07) is 0.862. The van der Waals surface area contributed by atoms with E-state index in [1.165, 1.54) is 17.8 Å². The summed E-state index contributed by atoms with van der Waals surface area (Å²) < 4.78 is 6.59. The predicted molar refractivity (Wildman–Crippen MR) is 93.7 cm³/mol. The maximum Gasteiger partial charge on any atom is 0.330 e. The second-order valence-electron chi connectivity index (χ2n) is 6.33. The standard InChI is InChI=1S/C17H22N2O4S/c1-3-13(16(21)23-11-7-5-4-6-8-11)19-15(20)12-9-10(2)24-14(12)18-17(19)22/h9,11,13H,3-8H2,1-2H3,(H,18,22). The first-order valence-electron chi connectivity index (χ1n) is 8.46. The van der Waals surface area contributed by atoms with E-state index in [4.69, 9.17) is 4.74 Å². The molecule has 6 nitrogen and oxygen atoms in total. The highest BCUT2D eigenvalue weighted by molar-refractivity contribution is 7.18. The zero-order valence-corrected chi connectivity index (χ0v) is 14.8. The number of nitrogens with one attached hydrogen (secondary N) is 1. The number of aromatic amines is 1. The molecule has 1 atom stereocenters. The lowest BCUT2D eigenvalue weighted by Gasteiger charge is -2.24. The Morgan fingerprint density at radius 1 is 1.38 bits per heavy atom. The molecule has 1 aliphatic rings. The van der Waals surface area contributed by atoms with Gasteiger partial charge < -0.3 is 4.74 Å². The van der Waals surface area contributed by atoms with Crippen molar-refractivity contribution in [3.63, 3.8) is 0 Å². The van der Waals surface area contributed by atoms with Crippen molar-refractivity contribution in [1.29, 1.82) is 0 Å². The van der Waals surface area contributed by atoms with Gasteiger partial charge in [0.15, 0.2) is 0 Å². The Balaban J connectivity index is 1.95. The summed E-state index contributed by atoms with van der Waals surface area (Å²) >= 11 is 1.36. The molecule has 0 radical (unpaired) electrons. The third-order valence-corrected chi connectivity index (χ3v) is 5.52. The van der Waals surface area contributed by atoms with Crippen LogP contribution in [0.1, 0.15) is 56.4 Å². The van der Waals surface area contributed by atoms with Gasteiger partial charge in [-0.15, -0.1) is 11.3 Å². The van der Waals surface area contributed by atoms with Crippen LogP contribution in [0.3, 0.4) is 0 Å². The molecule has 1 aliphatic carbocycles. The maximum atomic E-state index is 12.7. The fourth-order valence-corrected chi connectivity index (χ4v) is 4.20. The minimum Gasteiger partial charge on any atom is -0.461 e. The fraction of sp³-hybridized carbons (Fsp3) is 0.588. The Morgan fingerprint density at radius 2 is 2.08 bits per heavy atom. The average Bonchev–Trinajstić information content (AvgIpc) is 2.92. The number of H-pyrrole nitrogens is 1. The lowest BCUT2D eigenvalue weighted by atomic mass is 9.98. The topological polar surface area (TPSA) is 81.2 Å². The van der Waals surface area contributed by atoms with Crippen molar-refractivity contribution in [1.82, 2.24) is 9.55 Å². The predicted octanol–water partition coefficient (Wildman–Crippen LogP) is 2.89. The van der Waals surface area contributed by atoms with Gasteiger partial charge in [0.1, 0.15) is 17.0 Å². The molecule has 7 heteroatoms. The van der Waals surface area contributed by atoms with Crippen molar-refractivity contribution in [3.05, 3.63) is 31.8 Å². The molecule has 0 spiro atoms. The van der Waals surface area contributed by atoms with Gasteiger partial charge in [-0.2, -0.15) is 0 Å². The van der Waals surface area contributed by atoms with E-state index in [9.17, 15) is 14.4 Å². The quantitative estimate of drug-likeness (QED) is 0.860. The third-order valence-electron chi connectivity index (χ3n) is 4.55. The molecule has 0 aromatic carbocycles. The minimum absolute atomic E-state index is 0.0952. The van der Waals surface area contributed by atoms with Crippen molar-refractivity contribution in [3.8, 4) is 0 Å². The molecule has 2 aromatic rings. The van der Waals surface area contributed by atoms with Crippen LogP contribution < -0.4 is 11.2 Å². The summed E-state index contributed by atoms with van der Waals surface area (Å²) in [7, 11) is 0. The molecule has 1 fully saturated rings. The van der Waals surface area contributed by atoms with E-state index in [0.29, 0.717) is 16.6 Å². The van der Waals surface area contributed by atoms with Crippen molar-refractivity contribution in [2.45, 2.75) is 64.5 Å². The smallest absolute Gasteiger partial charge is 0.330 e. The van der Waals surface area contributed by atoms with Crippen LogP contribution in [0.25, 0.3) is 10.2 Å². The molecule has 3 rings (SSSR count). The monoisotopic (exact) mass is 350 g/mol. The highest BCUT2D eigenvalue weighted by Gasteiger charge is 2.28. The van der Waals surface area contributed by atoms with Crippen molar-refractivity contribution < 1.29 is 9.53 Å². The number of hydrogen-bond donors (Lipinski definition) is 1. The summed E-state index contributed by atoms with van der Waals surface area (Å²) in [6.45, 7) is 3.66. The lowest BCUT2D eigenvalue weighted by molar-refractivity contribution is -0.155. The molecule has 2 aromatic heterocycles. The van der Waals surface area contributed by atoms with Crippen LogP contribution >= 0.6 is 11.3 Å².